The van der Waals surface area contributed by atoms with Crippen molar-refractivity contribution in [3.05, 3.63) is 90.5 Å². The van der Waals surface area contributed by atoms with Crippen LogP contribution in [0.25, 0.3) is 10.8 Å². The fourth-order valence-electron chi connectivity index (χ4n) is 4.41. The van der Waals surface area contributed by atoms with Gasteiger partial charge in [-0.1, -0.05) is 36.4 Å². The zero-order valence-electron chi connectivity index (χ0n) is 14.6. The number of nitro groups is 2. The number of cyclic esters (lactones) is 2. The highest BCUT2D eigenvalue weighted by atomic mass is 16.6. The Morgan fingerprint density at radius 1 is 0.966 bits per heavy atom. The Labute approximate surface area is 161 Å². The molecule has 0 aromatic heterocycles. The molecule has 0 saturated heterocycles. The number of esters is 2. The van der Waals surface area contributed by atoms with Crippen molar-refractivity contribution in [2.24, 2.45) is 0 Å². The molecule has 3 aromatic rings. The number of benzene rings is 3. The molecule has 2 aliphatic rings. The zero-order valence-corrected chi connectivity index (χ0v) is 14.6. The molecular weight excluding hydrogens is 380 g/mol. The topological polar surface area (TPSA) is 130 Å². The van der Waals surface area contributed by atoms with Crippen LogP contribution in [-0.2, 0) is 11.2 Å². The normalized spacial score (nSPS) is 16.8. The molecule has 3 aromatic carbocycles. The van der Waals surface area contributed by atoms with Gasteiger partial charge in [-0.05, 0) is 28.3 Å². The van der Waals surface area contributed by atoms with Crippen molar-refractivity contribution in [3.63, 3.8) is 0 Å². The molecule has 1 aliphatic heterocycles. The molecule has 0 fully saturated rings. The third-order valence-corrected chi connectivity index (χ3v) is 5.48. The largest absolute Gasteiger partial charge is 0.385 e. The Hall–Kier alpha value is -4.14. The van der Waals surface area contributed by atoms with Crippen LogP contribution in [0.4, 0.5) is 11.4 Å². The van der Waals surface area contributed by atoms with E-state index in [-0.39, 0.29) is 5.56 Å². The van der Waals surface area contributed by atoms with Crippen LogP contribution in [-0.4, -0.2) is 21.8 Å². The van der Waals surface area contributed by atoms with Crippen molar-refractivity contribution in [1.29, 1.82) is 0 Å². The Bertz CT molecular complexity index is 1310. The molecule has 0 N–H and O–H groups in total. The third-order valence-electron chi connectivity index (χ3n) is 5.48. The van der Waals surface area contributed by atoms with E-state index in [0.29, 0.717) is 12.0 Å². The van der Waals surface area contributed by atoms with Crippen molar-refractivity contribution in [3.8, 4) is 0 Å². The number of carbonyl (C=O) groups is 2. The predicted octanol–water partition coefficient (Wildman–Crippen LogP) is 3.65. The number of fused-ring (bicyclic) bond motifs is 1. The highest BCUT2D eigenvalue weighted by Gasteiger charge is 2.46. The molecule has 142 valence electrons. The van der Waals surface area contributed by atoms with Gasteiger partial charge in [0.1, 0.15) is 5.56 Å². The van der Waals surface area contributed by atoms with Crippen molar-refractivity contribution < 1.29 is 24.2 Å². The number of nitro benzene ring substituents is 2. The lowest BCUT2D eigenvalue weighted by atomic mass is 9.86. The molecule has 9 heteroatoms. The Morgan fingerprint density at radius 2 is 1.69 bits per heavy atom. The van der Waals surface area contributed by atoms with Crippen molar-refractivity contribution in [2.45, 2.75) is 12.3 Å². The summed E-state index contributed by atoms with van der Waals surface area (Å²) in [6, 6.07) is 12.0. The summed E-state index contributed by atoms with van der Waals surface area (Å²) in [5.74, 6) is -2.99. The second-order valence-corrected chi connectivity index (χ2v) is 6.89. The van der Waals surface area contributed by atoms with Gasteiger partial charge in [-0.3, -0.25) is 20.2 Å². The first-order chi connectivity index (χ1) is 13.9. The first kappa shape index (κ1) is 17.0. The van der Waals surface area contributed by atoms with Crippen LogP contribution in [0.2, 0.25) is 0 Å². The SMILES string of the molecule is O=C1OC(=O)c2c1cc([N+](=O)[O-])c(C1Cc3cccc4cccc1c34)c2[N+](=O)[O-]. The standard InChI is InChI=1S/C20H10N2O7/c23-19-13-8-14(21(25)26)16(18(22(27)28)17(13)20(24)29-19)12-7-10-5-1-3-9-4-2-6-11(12)15(9)10/h1-6,8,12H,7H2. The summed E-state index contributed by atoms with van der Waals surface area (Å²) in [5.41, 5.74) is -0.853. The fraction of sp³-hybridized carbons (Fsp3) is 0.100. The van der Waals surface area contributed by atoms with Gasteiger partial charge in [0.15, 0.2) is 5.56 Å². The lowest BCUT2D eigenvalue weighted by molar-refractivity contribution is -0.395. The number of nitrogens with zero attached hydrogens (tertiary/aromatic N) is 2. The number of hydrogen-bond donors (Lipinski definition) is 0. The quantitative estimate of drug-likeness (QED) is 0.289. The van der Waals surface area contributed by atoms with Gasteiger partial charge in [-0.25, -0.2) is 9.59 Å². The van der Waals surface area contributed by atoms with Gasteiger partial charge in [0, 0.05) is 12.0 Å². The average Bonchev–Trinajstić information content (AvgIpc) is 3.19. The summed E-state index contributed by atoms with van der Waals surface area (Å²) in [6.45, 7) is 0. The summed E-state index contributed by atoms with van der Waals surface area (Å²) in [4.78, 5) is 46.2. The van der Waals surface area contributed by atoms with Gasteiger partial charge in [0.2, 0.25) is 0 Å². The lowest BCUT2D eigenvalue weighted by Crippen LogP contribution is -2.12. The Kier molecular flexibility index (Phi) is 3.33. The predicted molar refractivity (Wildman–Crippen MR) is 99.0 cm³/mol. The summed E-state index contributed by atoms with van der Waals surface area (Å²) >= 11 is 0. The maximum atomic E-state index is 12.1. The minimum absolute atomic E-state index is 0.186. The summed E-state index contributed by atoms with van der Waals surface area (Å²) in [5, 5.41) is 25.6. The van der Waals surface area contributed by atoms with E-state index in [1.54, 1.807) is 12.1 Å². The molecule has 1 atom stereocenters. The number of rotatable bonds is 3. The van der Waals surface area contributed by atoms with Gasteiger partial charge < -0.3 is 4.74 Å². The minimum atomic E-state index is -1.17. The van der Waals surface area contributed by atoms with E-state index in [1.807, 2.05) is 24.3 Å². The highest BCUT2D eigenvalue weighted by Crippen LogP contribution is 2.50. The molecule has 0 bridgehead atoms. The van der Waals surface area contributed by atoms with E-state index in [9.17, 15) is 29.8 Å². The van der Waals surface area contributed by atoms with Gasteiger partial charge in [-0.15, -0.1) is 0 Å². The first-order valence-electron chi connectivity index (χ1n) is 8.65. The first-order valence-corrected chi connectivity index (χ1v) is 8.65. The molecule has 0 saturated carbocycles. The van der Waals surface area contributed by atoms with E-state index in [0.717, 1.165) is 22.4 Å². The molecule has 1 aliphatic carbocycles. The van der Waals surface area contributed by atoms with Gasteiger partial charge in [0.05, 0.1) is 15.4 Å². The van der Waals surface area contributed by atoms with E-state index in [4.69, 9.17) is 0 Å². The van der Waals surface area contributed by atoms with E-state index < -0.39 is 50.2 Å². The van der Waals surface area contributed by atoms with Gasteiger partial charge in [0.25, 0.3) is 11.4 Å². The van der Waals surface area contributed by atoms with Crippen LogP contribution in [0.3, 0.4) is 0 Å². The Balaban J connectivity index is 1.88. The molecule has 1 heterocycles. The van der Waals surface area contributed by atoms with Crippen LogP contribution >= 0.6 is 0 Å². The molecule has 9 nitrogen and oxygen atoms in total. The zero-order chi connectivity index (χ0) is 20.4. The molecular formula is C20H10N2O7. The van der Waals surface area contributed by atoms with Crippen LogP contribution in [0.15, 0.2) is 42.5 Å². The Morgan fingerprint density at radius 3 is 2.38 bits per heavy atom. The van der Waals surface area contributed by atoms with Crippen LogP contribution < -0.4 is 0 Å². The van der Waals surface area contributed by atoms with Crippen molar-refractivity contribution in [1.82, 2.24) is 0 Å². The summed E-state index contributed by atoms with van der Waals surface area (Å²) in [6.07, 6.45) is 0.306. The average molecular weight is 390 g/mol. The molecule has 5 rings (SSSR count). The fourth-order valence-corrected chi connectivity index (χ4v) is 4.41. The maximum Gasteiger partial charge on any atom is 0.353 e. The van der Waals surface area contributed by atoms with E-state index in [2.05, 4.69) is 4.74 Å². The molecule has 0 spiro atoms. The number of hydrogen-bond acceptors (Lipinski definition) is 7. The highest BCUT2D eigenvalue weighted by molar-refractivity contribution is 6.18. The van der Waals surface area contributed by atoms with Crippen molar-refractivity contribution >= 4 is 34.1 Å². The molecule has 0 radical (unpaired) electrons. The molecule has 29 heavy (non-hydrogen) atoms. The van der Waals surface area contributed by atoms with E-state index >= 15 is 0 Å². The second kappa shape index (κ2) is 5.68. The molecule has 1 unspecified atom stereocenters. The number of carbonyl (C=O) groups excluding carboxylic acids is 2. The maximum absolute atomic E-state index is 12.1. The summed E-state index contributed by atoms with van der Waals surface area (Å²) < 4.78 is 4.49. The van der Waals surface area contributed by atoms with Gasteiger partial charge >= 0.3 is 11.9 Å². The van der Waals surface area contributed by atoms with Gasteiger partial charge in [-0.2, -0.15) is 0 Å². The smallest absolute Gasteiger partial charge is 0.353 e. The second-order valence-electron chi connectivity index (χ2n) is 6.89. The van der Waals surface area contributed by atoms with Crippen molar-refractivity contribution in [2.75, 3.05) is 0 Å². The van der Waals surface area contributed by atoms with E-state index in [1.165, 1.54) is 0 Å². The van der Waals surface area contributed by atoms with Crippen LogP contribution in [0.5, 0.6) is 0 Å². The summed E-state index contributed by atoms with van der Waals surface area (Å²) in [7, 11) is 0. The molecule has 0 amide bonds. The van der Waals surface area contributed by atoms with Crippen LogP contribution in [0.1, 0.15) is 43.3 Å². The van der Waals surface area contributed by atoms with Crippen LogP contribution in [0, 0.1) is 20.2 Å². The minimum Gasteiger partial charge on any atom is -0.385 e. The lowest BCUT2D eigenvalue weighted by Gasteiger charge is -2.14. The monoisotopic (exact) mass is 390 g/mol. The number of ether oxygens (including phenoxy) is 1. The third kappa shape index (κ3) is 2.21.